The van der Waals surface area contributed by atoms with Crippen molar-refractivity contribution < 1.29 is 4.42 Å². The zero-order chi connectivity index (χ0) is 35.2. The predicted molar refractivity (Wildman–Crippen MR) is 219 cm³/mol. The summed E-state index contributed by atoms with van der Waals surface area (Å²) in [4.78, 5) is 0. The topological polar surface area (TPSA) is 33.7 Å². The van der Waals surface area contributed by atoms with Gasteiger partial charge >= 0.3 is 0 Å². The van der Waals surface area contributed by atoms with Gasteiger partial charge in [-0.15, -0.1) is 0 Å². The van der Waals surface area contributed by atoms with Gasteiger partial charge in [0.25, 0.3) is 0 Å². The summed E-state index contributed by atoms with van der Waals surface area (Å²) in [5.41, 5.74) is 14.4. The Balaban J connectivity index is 1.25. The number of anilines is 1. The van der Waals surface area contributed by atoms with E-state index in [0.717, 1.165) is 44.7 Å². The van der Waals surface area contributed by atoms with Crippen molar-refractivity contribution in [3.8, 4) is 16.8 Å². The maximum atomic E-state index is 7.03. The van der Waals surface area contributed by atoms with E-state index in [1.807, 2.05) is 35.4 Å². The summed E-state index contributed by atoms with van der Waals surface area (Å²) in [7, 11) is 0. The Morgan fingerprint density at radius 3 is 2.15 bits per heavy atom. The third-order valence-electron chi connectivity index (χ3n) is 11.2. The molecule has 0 bridgehead atoms. The highest BCUT2D eigenvalue weighted by Crippen LogP contribution is 2.56. The third kappa shape index (κ3) is 4.21. The van der Waals surface area contributed by atoms with Crippen molar-refractivity contribution >= 4 is 55.1 Å². The van der Waals surface area contributed by atoms with Crippen molar-refractivity contribution in [2.75, 3.05) is 5.01 Å². The molecule has 7 aromatic carbocycles. The van der Waals surface area contributed by atoms with Gasteiger partial charge in [-0.05, 0) is 69.8 Å². The predicted octanol–water partition coefficient (Wildman–Crippen LogP) is 12.4. The van der Waals surface area contributed by atoms with E-state index in [9.17, 15) is 0 Å². The third-order valence-corrected chi connectivity index (χ3v) is 11.2. The molecular formula is C49H33N3O. The second kappa shape index (κ2) is 11.3. The molecule has 11 rings (SSSR count). The molecule has 2 aliphatic rings. The SMILES string of the molecule is C=C1C=CC(c2ccccc2)=NN1c1oc2c(-n3c4ccccc4c4c5ccccc5c5c(c43)C(c3ccccc3)c3ccccc3-5)cccc2c1C. The van der Waals surface area contributed by atoms with Crippen molar-refractivity contribution in [3.63, 3.8) is 0 Å². The Morgan fingerprint density at radius 1 is 0.642 bits per heavy atom. The van der Waals surface area contributed by atoms with Crippen molar-refractivity contribution in [2.24, 2.45) is 5.10 Å². The minimum atomic E-state index is 0.0554. The number of nitrogens with zero attached hydrogens (tertiary/aromatic N) is 3. The van der Waals surface area contributed by atoms with E-state index in [-0.39, 0.29) is 5.92 Å². The van der Waals surface area contributed by atoms with E-state index < -0.39 is 0 Å². The lowest BCUT2D eigenvalue weighted by molar-refractivity contribution is 0.600. The van der Waals surface area contributed by atoms with Gasteiger partial charge in [0.05, 0.1) is 28.1 Å². The van der Waals surface area contributed by atoms with Crippen LogP contribution in [0.2, 0.25) is 0 Å². The van der Waals surface area contributed by atoms with Gasteiger partial charge in [0.15, 0.2) is 5.58 Å². The van der Waals surface area contributed by atoms with Gasteiger partial charge in [-0.1, -0.05) is 146 Å². The molecule has 250 valence electrons. The van der Waals surface area contributed by atoms with E-state index in [4.69, 9.17) is 9.52 Å². The monoisotopic (exact) mass is 679 g/mol. The van der Waals surface area contributed by atoms with Crippen LogP contribution >= 0.6 is 0 Å². The van der Waals surface area contributed by atoms with Crippen molar-refractivity contribution in [1.82, 2.24) is 4.57 Å². The number of benzene rings is 7. The normalized spacial score (nSPS) is 15.1. The summed E-state index contributed by atoms with van der Waals surface area (Å²) in [6.07, 6.45) is 4.02. The van der Waals surface area contributed by atoms with Gasteiger partial charge in [0.1, 0.15) is 0 Å². The molecule has 0 N–H and O–H groups in total. The minimum absolute atomic E-state index is 0.0554. The highest BCUT2D eigenvalue weighted by atomic mass is 16.4. The summed E-state index contributed by atoms with van der Waals surface area (Å²) in [6, 6.07) is 54.4. The summed E-state index contributed by atoms with van der Waals surface area (Å²) in [5.74, 6) is 0.723. The highest BCUT2D eigenvalue weighted by Gasteiger charge is 2.36. The Hall–Kier alpha value is -6.91. The highest BCUT2D eigenvalue weighted by molar-refractivity contribution is 6.27. The number of aryl methyl sites for hydroxylation is 1. The molecule has 0 saturated carbocycles. The van der Waals surface area contributed by atoms with Crippen molar-refractivity contribution in [3.05, 3.63) is 204 Å². The Labute approximate surface area is 306 Å². The summed E-state index contributed by atoms with van der Waals surface area (Å²) in [6.45, 7) is 6.48. The quantitative estimate of drug-likeness (QED) is 0.185. The van der Waals surface area contributed by atoms with Crippen LogP contribution in [0, 0.1) is 6.92 Å². The molecule has 0 amide bonds. The van der Waals surface area contributed by atoms with E-state index in [0.29, 0.717) is 5.88 Å². The van der Waals surface area contributed by atoms with Gasteiger partial charge in [-0.25, -0.2) is 5.01 Å². The number of allylic oxidation sites excluding steroid dienone is 2. The van der Waals surface area contributed by atoms with Crippen LogP contribution in [-0.4, -0.2) is 10.3 Å². The average molecular weight is 680 g/mol. The zero-order valence-corrected chi connectivity index (χ0v) is 29.1. The molecule has 4 heteroatoms. The molecule has 1 unspecified atom stereocenters. The van der Waals surface area contributed by atoms with Gasteiger partial charge in [-0.2, -0.15) is 5.10 Å². The molecule has 1 aliphatic carbocycles. The molecule has 0 radical (unpaired) electrons. The summed E-state index contributed by atoms with van der Waals surface area (Å²) < 4.78 is 9.50. The molecule has 0 spiro atoms. The second-order valence-electron chi connectivity index (χ2n) is 14.0. The van der Waals surface area contributed by atoms with E-state index in [2.05, 4.69) is 152 Å². The fraction of sp³-hybridized carbons (Fsp3) is 0.0408. The van der Waals surface area contributed by atoms with E-state index in [1.165, 1.54) is 54.9 Å². The molecular weight excluding hydrogens is 647 g/mol. The maximum Gasteiger partial charge on any atom is 0.224 e. The number of fused-ring (bicyclic) bond motifs is 11. The van der Waals surface area contributed by atoms with Crippen molar-refractivity contribution in [1.29, 1.82) is 0 Å². The van der Waals surface area contributed by atoms with Crippen LogP contribution in [0.25, 0.3) is 60.4 Å². The number of aromatic nitrogens is 1. The fourth-order valence-electron chi connectivity index (χ4n) is 8.88. The van der Waals surface area contributed by atoms with Crippen LogP contribution in [-0.2, 0) is 0 Å². The van der Waals surface area contributed by atoms with E-state index in [1.54, 1.807) is 0 Å². The first-order valence-corrected chi connectivity index (χ1v) is 18.1. The lowest BCUT2D eigenvalue weighted by atomic mass is 9.86. The molecule has 1 aliphatic heterocycles. The first-order chi connectivity index (χ1) is 26.2. The molecule has 0 fully saturated rings. The number of hydrazone groups is 1. The largest absolute Gasteiger partial charge is 0.436 e. The molecule has 9 aromatic rings. The van der Waals surface area contributed by atoms with Crippen LogP contribution in [0.5, 0.6) is 0 Å². The second-order valence-corrected chi connectivity index (χ2v) is 14.0. The standard InChI is InChI=1S/C49H33N3O/c1-30-28-29-40(32-16-5-3-6-17-32)50-52(30)49-31(2)34-25-15-27-42(48(34)53-49)51-41-26-14-13-24-39(41)45-38-23-12-11-22-37(38)44-36-21-10-9-20-35(36)43(46(44)47(45)51)33-18-7-4-8-19-33/h3-29,43H,1H2,2H3. The molecule has 53 heavy (non-hydrogen) atoms. The molecule has 4 nitrogen and oxygen atoms in total. The van der Waals surface area contributed by atoms with Crippen LogP contribution < -0.4 is 5.01 Å². The summed E-state index contributed by atoms with van der Waals surface area (Å²) in [5, 5.41) is 13.0. The Morgan fingerprint density at radius 2 is 1.32 bits per heavy atom. The number of hydrogen-bond donors (Lipinski definition) is 0. The van der Waals surface area contributed by atoms with Gasteiger partial charge in [0.2, 0.25) is 5.88 Å². The fourth-order valence-corrected chi connectivity index (χ4v) is 8.88. The minimum Gasteiger partial charge on any atom is -0.436 e. The van der Waals surface area contributed by atoms with Gasteiger partial charge < -0.3 is 8.98 Å². The number of para-hydroxylation sites is 2. The molecule has 3 heterocycles. The van der Waals surface area contributed by atoms with Crippen LogP contribution in [0.15, 0.2) is 186 Å². The first kappa shape index (κ1) is 29.8. The molecule has 1 atom stereocenters. The van der Waals surface area contributed by atoms with Gasteiger partial charge in [0, 0.05) is 33.2 Å². The van der Waals surface area contributed by atoms with Crippen molar-refractivity contribution in [2.45, 2.75) is 12.8 Å². The van der Waals surface area contributed by atoms with Crippen LogP contribution in [0.4, 0.5) is 5.88 Å². The summed E-state index contributed by atoms with van der Waals surface area (Å²) >= 11 is 0. The lowest BCUT2D eigenvalue weighted by Gasteiger charge is -2.22. The number of rotatable bonds is 4. The van der Waals surface area contributed by atoms with E-state index >= 15 is 0 Å². The Kier molecular flexibility index (Phi) is 6.35. The Bertz CT molecular complexity index is 3030. The number of furan rings is 1. The van der Waals surface area contributed by atoms with Gasteiger partial charge in [-0.3, -0.25) is 0 Å². The first-order valence-electron chi connectivity index (χ1n) is 18.1. The average Bonchev–Trinajstić information content (AvgIpc) is 3.87. The zero-order valence-electron chi connectivity index (χ0n) is 29.1. The lowest BCUT2D eigenvalue weighted by Crippen LogP contribution is -2.20. The smallest absolute Gasteiger partial charge is 0.224 e. The molecule has 0 saturated heterocycles. The number of hydrogen-bond acceptors (Lipinski definition) is 3. The maximum absolute atomic E-state index is 7.03. The van der Waals surface area contributed by atoms with Crippen LogP contribution in [0.1, 0.15) is 33.7 Å². The molecule has 2 aromatic heterocycles. The van der Waals surface area contributed by atoms with Crippen LogP contribution in [0.3, 0.4) is 0 Å².